The molecule has 5 aromatic carbocycles. The van der Waals surface area contributed by atoms with Crippen molar-refractivity contribution in [2.45, 2.75) is 0 Å². The monoisotopic (exact) mass is 464 g/mol. The van der Waals surface area contributed by atoms with Gasteiger partial charge >= 0.3 is 0 Å². The molecule has 4 nitrogen and oxygen atoms in total. The number of fused-ring (bicyclic) bond motifs is 2. The summed E-state index contributed by atoms with van der Waals surface area (Å²) in [6.07, 6.45) is 0. The van der Waals surface area contributed by atoms with E-state index in [-0.39, 0.29) is 5.75 Å². The molecular weight excluding hydrogens is 440 g/mol. The normalized spacial score (nSPS) is 10.8. The van der Waals surface area contributed by atoms with Gasteiger partial charge in [-0.1, -0.05) is 78.9 Å². The second kappa shape index (κ2) is 9.81. The topological polar surface area (TPSA) is 53.5 Å². The van der Waals surface area contributed by atoms with E-state index < -0.39 is 0 Å². The summed E-state index contributed by atoms with van der Waals surface area (Å²) in [4.78, 5) is 0. The molecular formula is C29H24N2O2S. The van der Waals surface area contributed by atoms with Gasteiger partial charge in [-0.25, -0.2) is 0 Å². The zero-order chi connectivity index (χ0) is 23.3. The lowest BCUT2D eigenvalue weighted by molar-refractivity contribution is 0.324. The number of benzene rings is 5. The van der Waals surface area contributed by atoms with E-state index in [4.69, 9.17) is 17.0 Å². The van der Waals surface area contributed by atoms with Gasteiger partial charge < -0.3 is 20.5 Å². The quantitative estimate of drug-likeness (QED) is 0.192. The number of aromatic hydroxyl groups is 1. The van der Waals surface area contributed by atoms with Crippen molar-refractivity contribution < 1.29 is 9.84 Å². The maximum Gasteiger partial charge on any atom is 0.170 e. The highest BCUT2D eigenvalue weighted by Gasteiger charge is 2.17. The van der Waals surface area contributed by atoms with Gasteiger partial charge in [-0.05, 0) is 58.0 Å². The number of nitrogens with one attached hydrogen (secondary N) is 2. The Balaban J connectivity index is 1.43. The van der Waals surface area contributed by atoms with Gasteiger partial charge in [0, 0.05) is 16.8 Å². The SMILES string of the molecule is Oc1ccc2ccccc2c1-c1c(OCCNC(=S)Nc2ccccc2)ccc2ccccc12. The Morgan fingerprint density at radius 3 is 2.06 bits per heavy atom. The number of phenolic OH excluding ortho intramolecular Hbond substituents is 1. The maximum atomic E-state index is 10.9. The summed E-state index contributed by atoms with van der Waals surface area (Å²) in [5, 5.41) is 22.0. The molecule has 0 aliphatic heterocycles. The van der Waals surface area contributed by atoms with Gasteiger partial charge in [-0.15, -0.1) is 0 Å². The van der Waals surface area contributed by atoms with E-state index in [1.807, 2.05) is 78.9 Å². The number of phenols is 1. The van der Waals surface area contributed by atoms with E-state index in [0.717, 1.165) is 38.4 Å². The van der Waals surface area contributed by atoms with Crippen LogP contribution in [0.5, 0.6) is 11.5 Å². The van der Waals surface area contributed by atoms with Crippen LogP contribution in [0, 0.1) is 0 Å². The van der Waals surface area contributed by atoms with Crippen molar-refractivity contribution in [2.24, 2.45) is 0 Å². The number of anilines is 1. The van der Waals surface area contributed by atoms with Crippen LogP contribution in [0.1, 0.15) is 0 Å². The highest BCUT2D eigenvalue weighted by Crippen LogP contribution is 2.44. The molecule has 0 aromatic heterocycles. The van der Waals surface area contributed by atoms with Gasteiger partial charge in [0.25, 0.3) is 0 Å². The number of para-hydroxylation sites is 1. The average Bonchev–Trinajstić information content (AvgIpc) is 2.87. The number of hydrogen-bond acceptors (Lipinski definition) is 3. The van der Waals surface area contributed by atoms with E-state index in [2.05, 4.69) is 28.8 Å². The molecule has 0 unspecified atom stereocenters. The minimum absolute atomic E-state index is 0.228. The molecule has 3 N–H and O–H groups in total. The van der Waals surface area contributed by atoms with E-state index >= 15 is 0 Å². The van der Waals surface area contributed by atoms with Crippen LogP contribution >= 0.6 is 12.2 Å². The molecule has 0 radical (unpaired) electrons. The predicted molar refractivity (Wildman–Crippen MR) is 145 cm³/mol. The van der Waals surface area contributed by atoms with Crippen LogP contribution in [-0.2, 0) is 0 Å². The smallest absolute Gasteiger partial charge is 0.170 e. The summed E-state index contributed by atoms with van der Waals surface area (Å²) in [5.74, 6) is 0.945. The number of ether oxygens (including phenoxy) is 1. The van der Waals surface area contributed by atoms with Crippen molar-refractivity contribution in [2.75, 3.05) is 18.5 Å². The highest BCUT2D eigenvalue weighted by atomic mass is 32.1. The van der Waals surface area contributed by atoms with Crippen LogP contribution in [0.25, 0.3) is 32.7 Å². The molecule has 0 spiro atoms. The average molecular weight is 465 g/mol. The van der Waals surface area contributed by atoms with Gasteiger partial charge in [0.05, 0.1) is 6.54 Å². The molecule has 168 valence electrons. The Morgan fingerprint density at radius 1 is 0.706 bits per heavy atom. The molecule has 34 heavy (non-hydrogen) atoms. The Morgan fingerprint density at radius 2 is 1.32 bits per heavy atom. The van der Waals surface area contributed by atoms with Crippen LogP contribution in [0.15, 0.2) is 103 Å². The first-order chi connectivity index (χ1) is 16.7. The molecule has 0 saturated heterocycles. The van der Waals surface area contributed by atoms with Crippen LogP contribution in [0.4, 0.5) is 5.69 Å². The second-order valence-electron chi connectivity index (χ2n) is 7.94. The van der Waals surface area contributed by atoms with E-state index in [9.17, 15) is 5.11 Å². The zero-order valence-corrected chi connectivity index (χ0v) is 19.3. The largest absolute Gasteiger partial charge is 0.507 e. The van der Waals surface area contributed by atoms with Crippen molar-refractivity contribution in [1.82, 2.24) is 5.32 Å². The van der Waals surface area contributed by atoms with Crippen molar-refractivity contribution >= 4 is 44.6 Å². The van der Waals surface area contributed by atoms with E-state index in [1.165, 1.54) is 0 Å². The molecule has 0 fully saturated rings. The summed E-state index contributed by atoms with van der Waals surface area (Å²) >= 11 is 5.39. The lowest BCUT2D eigenvalue weighted by atomic mass is 9.92. The third-order valence-corrected chi connectivity index (χ3v) is 5.97. The third-order valence-electron chi connectivity index (χ3n) is 5.72. The summed E-state index contributed by atoms with van der Waals surface area (Å²) in [6.45, 7) is 0.944. The van der Waals surface area contributed by atoms with Gasteiger partial charge in [-0.3, -0.25) is 0 Å². The van der Waals surface area contributed by atoms with Crippen LogP contribution < -0.4 is 15.4 Å². The molecule has 5 aromatic rings. The molecule has 5 rings (SSSR count). The van der Waals surface area contributed by atoms with Gasteiger partial charge in [0.15, 0.2) is 5.11 Å². The van der Waals surface area contributed by atoms with Crippen molar-refractivity contribution in [3.63, 3.8) is 0 Å². The lowest BCUT2D eigenvalue weighted by Gasteiger charge is -2.18. The number of hydrogen-bond donors (Lipinski definition) is 3. The fraction of sp³-hybridized carbons (Fsp3) is 0.0690. The Bertz CT molecular complexity index is 1470. The summed E-state index contributed by atoms with van der Waals surface area (Å²) in [6, 6.07) is 33.7. The Kier molecular flexibility index (Phi) is 6.27. The fourth-order valence-corrected chi connectivity index (χ4v) is 4.39. The van der Waals surface area contributed by atoms with Gasteiger partial charge in [0.2, 0.25) is 0 Å². The van der Waals surface area contributed by atoms with Crippen molar-refractivity contribution in [1.29, 1.82) is 0 Å². The fourth-order valence-electron chi connectivity index (χ4n) is 4.17. The third kappa shape index (κ3) is 4.51. The second-order valence-corrected chi connectivity index (χ2v) is 8.34. The molecule has 0 heterocycles. The highest BCUT2D eigenvalue weighted by molar-refractivity contribution is 7.80. The Hall–Kier alpha value is -4.09. The summed E-state index contributed by atoms with van der Waals surface area (Å²) in [5.41, 5.74) is 2.60. The lowest BCUT2D eigenvalue weighted by Crippen LogP contribution is -2.31. The first-order valence-electron chi connectivity index (χ1n) is 11.2. The molecule has 0 atom stereocenters. The minimum Gasteiger partial charge on any atom is -0.507 e. The van der Waals surface area contributed by atoms with Crippen LogP contribution in [-0.4, -0.2) is 23.4 Å². The molecule has 0 saturated carbocycles. The minimum atomic E-state index is 0.228. The molecule has 0 bridgehead atoms. The first kappa shape index (κ1) is 21.7. The van der Waals surface area contributed by atoms with Gasteiger partial charge in [-0.2, -0.15) is 0 Å². The number of rotatable bonds is 6. The van der Waals surface area contributed by atoms with Crippen LogP contribution in [0.3, 0.4) is 0 Å². The van der Waals surface area contributed by atoms with Crippen LogP contribution in [0.2, 0.25) is 0 Å². The van der Waals surface area contributed by atoms with E-state index in [0.29, 0.717) is 24.0 Å². The Labute approximate surface area is 203 Å². The van der Waals surface area contributed by atoms with Gasteiger partial charge in [0.1, 0.15) is 18.1 Å². The number of thiocarbonyl (C=S) groups is 1. The standard InChI is InChI=1S/C29H24N2O2S/c32-25-16-14-20-8-4-6-12-23(20)27(25)28-24-13-7-5-9-21(24)15-17-26(28)33-19-18-30-29(34)31-22-10-2-1-3-11-22/h1-17,32H,18-19H2,(H2,30,31,34). The summed E-state index contributed by atoms with van der Waals surface area (Å²) < 4.78 is 6.24. The van der Waals surface area contributed by atoms with Crippen molar-refractivity contribution in [3.8, 4) is 22.6 Å². The maximum absolute atomic E-state index is 10.9. The predicted octanol–water partition coefficient (Wildman–Crippen LogP) is 6.73. The summed E-state index contributed by atoms with van der Waals surface area (Å²) in [7, 11) is 0. The van der Waals surface area contributed by atoms with Crippen molar-refractivity contribution in [3.05, 3.63) is 103 Å². The zero-order valence-electron chi connectivity index (χ0n) is 18.5. The molecule has 0 aliphatic rings. The molecule has 0 aliphatic carbocycles. The molecule has 0 amide bonds. The first-order valence-corrected chi connectivity index (χ1v) is 11.6. The molecule has 5 heteroatoms. The van der Waals surface area contributed by atoms with E-state index in [1.54, 1.807) is 6.07 Å².